The van der Waals surface area contributed by atoms with Crippen molar-refractivity contribution in [1.29, 1.82) is 0 Å². The van der Waals surface area contributed by atoms with E-state index in [0.29, 0.717) is 6.42 Å². The molecule has 0 bridgehead atoms. The molecule has 0 radical (unpaired) electrons. The highest BCUT2D eigenvalue weighted by Gasteiger charge is 2.19. The molecule has 0 fully saturated rings. The number of hydrogen-bond donors (Lipinski definition) is 1. The number of aliphatic imine (C=N–C) groups is 1. The SMILES string of the molecule is CNCCC1=CN=C2CC=C(F)C=C12. The number of rotatable bonds is 3. The number of halogens is 1. The van der Waals surface area contributed by atoms with Crippen molar-refractivity contribution in [3.8, 4) is 0 Å². The van der Waals surface area contributed by atoms with Crippen molar-refractivity contribution in [2.24, 2.45) is 4.99 Å². The Morgan fingerprint density at radius 1 is 1.57 bits per heavy atom. The van der Waals surface area contributed by atoms with E-state index in [0.717, 1.165) is 29.8 Å². The quantitative estimate of drug-likeness (QED) is 0.727. The fraction of sp³-hybridized carbons (Fsp3) is 0.364. The molecule has 1 aliphatic carbocycles. The molecule has 0 aromatic carbocycles. The van der Waals surface area contributed by atoms with E-state index in [4.69, 9.17) is 0 Å². The maximum Gasteiger partial charge on any atom is 0.120 e. The van der Waals surface area contributed by atoms with E-state index in [2.05, 4.69) is 10.3 Å². The van der Waals surface area contributed by atoms with Crippen molar-refractivity contribution in [3.63, 3.8) is 0 Å². The van der Waals surface area contributed by atoms with E-state index in [1.165, 1.54) is 0 Å². The molecular formula is C11H13FN2. The third kappa shape index (κ3) is 1.68. The number of nitrogens with one attached hydrogen (secondary N) is 1. The average Bonchev–Trinajstić information content (AvgIpc) is 2.57. The third-order valence-corrected chi connectivity index (χ3v) is 2.45. The first-order valence-electron chi connectivity index (χ1n) is 4.79. The van der Waals surface area contributed by atoms with Gasteiger partial charge in [0.25, 0.3) is 0 Å². The topological polar surface area (TPSA) is 24.4 Å². The smallest absolute Gasteiger partial charge is 0.120 e. The van der Waals surface area contributed by atoms with Gasteiger partial charge in [0.05, 0.1) is 5.71 Å². The van der Waals surface area contributed by atoms with Gasteiger partial charge in [-0.15, -0.1) is 0 Å². The van der Waals surface area contributed by atoms with Gasteiger partial charge in [-0.25, -0.2) is 4.39 Å². The molecule has 0 unspecified atom stereocenters. The lowest BCUT2D eigenvalue weighted by Gasteiger charge is -2.10. The van der Waals surface area contributed by atoms with Crippen LogP contribution >= 0.6 is 0 Å². The zero-order valence-corrected chi connectivity index (χ0v) is 8.18. The molecule has 2 aliphatic rings. The summed E-state index contributed by atoms with van der Waals surface area (Å²) in [5.41, 5.74) is 3.12. The first-order chi connectivity index (χ1) is 6.81. The standard InChI is InChI=1S/C11H13FN2/c1-13-5-4-8-7-14-11-3-2-9(12)6-10(8)11/h2,6-7,13H,3-5H2,1H3. The molecule has 0 spiro atoms. The van der Waals surface area contributed by atoms with Crippen LogP contribution in [0, 0.1) is 0 Å². The van der Waals surface area contributed by atoms with Gasteiger partial charge >= 0.3 is 0 Å². The average molecular weight is 192 g/mol. The van der Waals surface area contributed by atoms with E-state index >= 15 is 0 Å². The van der Waals surface area contributed by atoms with Crippen molar-refractivity contribution in [2.75, 3.05) is 13.6 Å². The predicted octanol–water partition coefficient (Wildman–Crippen LogP) is 2.12. The van der Waals surface area contributed by atoms with E-state index in [9.17, 15) is 4.39 Å². The molecule has 2 rings (SSSR count). The molecule has 0 aromatic heterocycles. The van der Waals surface area contributed by atoms with Gasteiger partial charge in [0, 0.05) is 18.2 Å². The van der Waals surface area contributed by atoms with Gasteiger partial charge in [-0.2, -0.15) is 0 Å². The van der Waals surface area contributed by atoms with Gasteiger partial charge in [0.15, 0.2) is 0 Å². The van der Waals surface area contributed by atoms with Crippen LogP contribution < -0.4 is 5.32 Å². The Labute approximate surface area is 82.9 Å². The van der Waals surface area contributed by atoms with Crippen LogP contribution in [0.5, 0.6) is 0 Å². The summed E-state index contributed by atoms with van der Waals surface area (Å²) in [6.07, 6.45) is 6.53. The lowest BCUT2D eigenvalue weighted by molar-refractivity contribution is 0.660. The maximum atomic E-state index is 13.0. The second kappa shape index (κ2) is 3.88. The van der Waals surface area contributed by atoms with E-state index in [-0.39, 0.29) is 5.83 Å². The van der Waals surface area contributed by atoms with Gasteiger partial charge in [-0.1, -0.05) is 0 Å². The maximum absolute atomic E-state index is 13.0. The highest BCUT2D eigenvalue weighted by atomic mass is 19.1. The summed E-state index contributed by atoms with van der Waals surface area (Å²) in [5.74, 6) is -0.142. The normalized spacial score (nSPS) is 19.6. The van der Waals surface area contributed by atoms with Crippen molar-refractivity contribution in [3.05, 3.63) is 35.3 Å². The summed E-state index contributed by atoms with van der Waals surface area (Å²) in [4.78, 5) is 4.27. The molecule has 74 valence electrons. The molecule has 1 aliphatic heterocycles. The van der Waals surface area contributed by atoms with E-state index < -0.39 is 0 Å². The van der Waals surface area contributed by atoms with Crippen molar-refractivity contribution >= 4 is 5.71 Å². The lowest BCUT2D eigenvalue weighted by Crippen LogP contribution is -2.11. The summed E-state index contributed by atoms with van der Waals surface area (Å²) in [7, 11) is 1.91. The van der Waals surface area contributed by atoms with Crippen LogP contribution in [-0.4, -0.2) is 19.3 Å². The minimum atomic E-state index is -0.142. The molecule has 1 heterocycles. The highest BCUT2D eigenvalue weighted by molar-refractivity contribution is 6.08. The Morgan fingerprint density at radius 2 is 2.43 bits per heavy atom. The molecule has 0 saturated heterocycles. The molecular weight excluding hydrogens is 179 g/mol. The first kappa shape index (κ1) is 9.34. The Hall–Kier alpha value is -1.22. The number of allylic oxidation sites excluding steroid dienone is 4. The van der Waals surface area contributed by atoms with Crippen LogP contribution in [0.15, 0.2) is 40.3 Å². The molecule has 0 aromatic rings. The summed E-state index contributed by atoms with van der Waals surface area (Å²) < 4.78 is 13.0. The molecule has 2 nitrogen and oxygen atoms in total. The summed E-state index contributed by atoms with van der Waals surface area (Å²) in [5, 5.41) is 3.07. The van der Waals surface area contributed by atoms with Gasteiger partial charge in [0.2, 0.25) is 0 Å². The number of fused-ring (bicyclic) bond motifs is 1. The molecule has 14 heavy (non-hydrogen) atoms. The molecule has 1 N–H and O–H groups in total. The second-order valence-electron chi connectivity index (χ2n) is 3.43. The van der Waals surface area contributed by atoms with Gasteiger partial charge in [0.1, 0.15) is 5.83 Å². The molecule has 0 saturated carbocycles. The minimum Gasteiger partial charge on any atom is -0.319 e. The van der Waals surface area contributed by atoms with Gasteiger partial charge in [-0.05, 0) is 37.7 Å². The molecule has 0 atom stereocenters. The van der Waals surface area contributed by atoms with Crippen molar-refractivity contribution in [2.45, 2.75) is 12.8 Å². The van der Waals surface area contributed by atoms with Crippen molar-refractivity contribution in [1.82, 2.24) is 5.32 Å². The van der Waals surface area contributed by atoms with Crippen LogP contribution in [0.25, 0.3) is 0 Å². The van der Waals surface area contributed by atoms with Gasteiger partial charge in [-0.3, -0.25) is 4.99 Å². The lowest BCUT2D eigenvalue weighted by atomic mass is 9.95. The van der Waals surface area contributed by atoms with Crippen LogP contribution in [0.1, 0.15) is 12.8 Å². The Morgan fingerprint density at radius 3 is 3.21 bits per heavy atom. The van der Waals surface area contributed by atoms with Crippen LogP contribution in [0.3, 0.4) is 0 Å². The number of nitrogens with zero attached hydrogens (tertiary/aromatic N) is 1. The Bertz CT molecular complexity index is 361. The summed E-state index contributed by atoms with van der Waals surface area (Å²) in [6.45, 7) is 0.900. The predicted molar refractivity (Wildman–Crippen MR) is 56.0 cm³/mol. The fourth-order valence-electron chi connectivity index (χ4n) is 1.67. The van der Waals surface area contributed by atoms with Crippen LogP contribution in [0.4, 0.5) is 4.39 Å². The Balaban J connectivity index is 2.13. The molecule has 0 amide bonds. The summed E-state index contributed by atoms with van der Waals surface area (Å²) >= 11 is 0. The Kier molecular flexibility index (Phi) is 2.59. The highest BCUT2D eigenvalue weighted by Crippen LogP contribution is 2.28. The van der Waals surface area contributed by atoms with Crippen molar-refractivity contribution < 1.29 is 4.39 Å². The van der Waals surface area contributed by atoms with Crippen LogP contribution in [0.2, 0.25) is 0 Å². The largest absolute Gasteiger partial charge is 0.319 e. The molecule has 3 heteroatoms. The summed E-state index contributed by atoms with van der Waals surface area (Å²) in [6, 6.07) is 0. The minimum absolute atomic E-state index is 0.142. The number of hydrogen-bond acceptors (Lipinski definition) is 2. The second-order valence-corrected chi connectivity index (χ2v) is 3.43. The monoisotopic (exact) mass is 192 g/mol. The zero-order valence-electron chi connectivity index (χ0n) is 8.18. The zero-order chi connectivity index (χ0) is 9.97. The van der Waals surface area contributed by atoms with Crippen LogP contribution in [-0.2, 0) is 0 Å². The van der Waals surface area contributed by atoms with E-state index in [1.54, 1.807) is 12.2 Å². The first-order valence-corrected chi connectivity index (χ1v) is 4.79. The van der Waals surface area contributed by atoms with E-state index in [1.807, 2.05) is 13.2 Å². The third-order valence-electron chi connectivity index (χ3n) is 2.45. The van der Waals surface area contributed by atoms with Gasteiger partial charge < -0.3 is 5.32 Å². The fourth-order valence-corrected chi connectivity index (χ4v) is 1.67.